The second-order valence-electron chi connectivity index (χ2n) is 13.0. The molecule has 0 aliphatic rings. The Hall–Kier alpha value is -4.49. The zero-order valence-electron chi connectivity index (χ0n) is 29.3. The summed E-state index contributed by atoms with van der Waals surface area (Å²) >= 11 is 0. The minimum atomic E-state index is -2.08. The van der Waals surface area contributed by atoms with Gasteiger partial charge < -0.3 is 42.0 Å². The number of carbonyl (C=O) groups excluding carboxylic acids is 5. The first-order valence-electron chi connectivity index (χ1n) is 16.8. The van der Waals surface area contributed by atoms with Gasteiger partial charge in [0.2, 0.25) is 11.8 Å². The van der Waals surface area contributed by atoms with Crippen molar-refractivity contribution in [2.24, 2.45) is 17.6 Å². The smallest absolute Gasteiger partial charge is 0.407 e. The first kappa shape index (κ1) is 40.7. The number of ether oxygens (including phenoxy) is 1. The molecule has 13 heteroatoms. The molecule has 270 valence electrons. The predicted octanol–water partition coefficient (Wildman–Crippen LogP) is 2.17. The van der Waals surface area contributed by atoms with Crippen LogP contribution in [0.2, 0.25) is 0 Å². The lowest BCUT2D eigenvalue weighted by molar-refractivity contribution is -0.142. The van der Waals surface area contributed by atoms with Crippen LogP contribution in [-0.4, -0.2) is 82.9 Å². The molecule has 0 saturated carbocycles. The van der Waals surface area contributed by atoms with Crippen LogP contribution in [0.15, 0.2) is 54.6 Å². The lowest BCUT2D eigenvalue weighted by Crippen LogP contribution is -2.58. The van der Waals surface area contributed by atoms with E-state index in [-0.39, 0.29) is 18.8 Å². The van der Waals surface area contributed by atoms with Gasteiger partial charge in [-0.2, -0.15) is 0 Å². The van der Waals surface area contributed by atoms with Crippen molar-refractivity contribution in [3.8, 4) is 11.1 Å². The zero-order chi connectivity index (χ0) is 36.7. The molecule has 2 aromatic rings. The molecule has 6 atom stereocenters. The fraction of sp³-hybridized carbons (Fsp3) is 0.528. The van der Waals surface area contributed by atoms with Gasteiger partial charge in [-0.25, -0.2) is 4.79 Å². The standard InChI is InChI=1S/C36H53N5O8/c1-7-8-18-38-36(48)49-31(22(4)5)35(47)40-27(20-24-14-16-26(17-15-24)25-12-10-9-11-13-25)29(42)30(43)34(46)39-23(6)33(45)41-28(32(37)44)19-21(2)3/h9-17,21-23,27-31,42-43H,7-8,18-20H2,1-6H3,(H2,37,44)(H,38,48)(H,39,46)(H,40,47)(H,41,45). The van der Waals surface area contributed by atoms with E-state index < -0.39 is 72.1 Å². The van der Waals surface area contributed by atoms with Gasteiger partial charge in [0.05, 0.1) is 6.04 Å². The number of rotatable bonds is 19. The molecule has 5 amide bonds. The van der Waals surface area contributed by atoms with Crippen molar-refractivity contribution in [2.45, 2.75) is 104 Å². The fourth-order valence-corrected chi connectivity index (χ4v) is 5.01. The molecule has 0 radical (unpaired) electrons. The Kier molecular flexibility index (Phi) is 16.7. The summed E-state index contributed by atoms with van der Waals surface area (Å²) in [5.41, 5.74) is 8.01. The molecule has 8 N–H and O–H groups in total. The highest BCUT2D eigenvalue weighted by Gasteiger charge is 2.36. The van der Waals surface area contributed by atoms with Crippen LogP contribution in [-0.2, 0) is 30.3 Å². The maximum absolute atomic E-state index is 13.5. The van der Waals surface area contributed by atoms with Gasteiger partial charge in [0, 0.05) is 6.54 Å². The summed E-state index contributed by atoms with van der Waals surface area (Å²) in [5, 5.41) is 32.4. The molecule has 0 aliphatic heterocycles. The predicted molar refractivity (Wildman–Crippen MR) is 186 cm³/mol. The highest BCUT2D eigenvalue weighted by atomic mass is 16.6. The number of benzene rings is 2. The number of primary amides is 1. The van der Waals surface area contributed by atoms with Gasteiger partial charge >= 0.3 is 6.09 Å². The number of hydrogen-bond donors (Lipinski definition) is 7. The van der Waals surface area contributed by atoms with Crippen molar-refractivity contribution in [1.82, 2.24) is 21.3 Å². The van der Waals surface area contributed by atoms with Gasteiger partial charge in [-0.1, -0.05) is 95.6 Å². The first-order chi connectivity index (χ1) is 23.1. The Morgan fingerprint density at radius 1 is 0.796 bits per heavy atom. The van der Waals surface area contributed by atoms with E-state index in [9.17, 15) is 34.2 Å². The average Bonchev–Trinajstić information content (AvgIpc) is 3.06. The van der Waals surface area contributed by atoms with Gasteiger partial charge in [0.15, 0.2) is 12.2 Å². The summed E-state index contributed by atoms with van der Waals surface area (Å²) in [6.07, 6.45) is -4.07. The van der Waals surface area contributed by atoms with Crippen molar-refractivity contribution in [2.75, 3.05) is 6.54 Å². The van der Waals surface area contributed by atoms with Crippen LogP contribution in [0, 0.1) is 11.8 Å². The normalized spacial score (nSPS) is 14.9. The van der Waals surface area contributed by atoms with Crippen LogP contribution < -0.4 is 27.0 Å². The van der Waals surface area contributed by atoms with E-state index in [0.29, 0.717) is 12.1 Å². The van der Waals surface area contributed by atoms with E-state index in [1.165, 1.54) is 6.92 Å². The molecule has 2 aromatic carbocycles. The highest BCUT2D eigenvalue weighted by Crippen LogP contribution is 2.21. The number of unbranched alkanes of at least 4 members (excludes halogenated alkanes) is 1. The van der Waals surface area contributed by atoms with Crippen molar-refractivity contribution in [1.29, 1.82) is 0 Å². The number of alkyl carbamates (subject to hydrolysis) is 1. The number of aliphatic hydroxyl groups excluding tert-OH is 2. The van der Waals surface area contributed by atoms with Crippen molar-refractivity contribution in [3.05, 3.63) is 60.2 Å². The second kappa shape index (κ2) is 20.1. The maximum Gasteiger partial charge on any atom is 0.407 e. The van der Waals surface area contributed by atoms with Gasteiger partial charge in [-0.15, -0.1) is 0 Å². The van der Waals surface area contributed by atoms with Crippen LogP contribution in [0.5, 0.6) is 0 Å². The number of nitrogens with one attached hydrogen (secondary N) is 4. The highest BCUT2D eigenvalue weighted by molar-refractivity contribution is 5.92. The van der Waals surface area contributed by atoms with Crippen LogP contribution in [0.3, 0.4) is 0 Å². The summed E-state index contributed by atoms with van der Waals surface area (Å²) in [6, 6.07) is 13.6. The maximum atomic E-state index is 13.5. The Labute approximate surface area is 288 Å². The van der Waals surface area contributed by atoms with Crippen molar-refractivity contribution in [3.63, 3.8) is 0 Å². The third-order valence-electron chi connectivity index (χ3n) is 7.87. The van der Waals surface area contributed by atoms with E-state index in [1.807, 2.05) is 63.2 Å². The second-order valence-corrected chi connectivity index (χ2v) is 13.0. The van der Waals surface area contributed by atoms with Gasteiger partial charge in [0.1, 0.15) is 18.2 Å². The monoisotopic (exact) mass is 683 g/mol. The van der Waals surface area contributed by atoms with E-state index in [2.05, 4.69) is 21.3 Å². The van der Waals surface area contributed by atoms with Gasteiger partial charge in [-0.3, -0.25) is 19.2 Å². The Morgan fingerprint density at radius 2 is 1.41 bits per heavy atom. The zero-order valence-corrected chi connectivity index (χ0v) is 29.3. The first-order valence-corrected chi connectivity index (χ1v) is 16.8. The Bertz CT molecular complexity index is 1370. The molecular formula is C36H53N5O8. The van der Waals surface area contributed by atoms with Gasteiger partial charge in [-0.05, 0) is 54.7 Å². The molecule has 0 aliphatic carbocycles. The van der Waals surface area contributed by atoms with E-state index in [1.54, 1.807) is 26.0 Å². The summed E-state index contributed by atoms with van der Waals surface area (Å²) < 4.78 is 5.41. The minimum absolute atomic E-state index is 0.00857. The topological polar surface area (TPSA) is 209 Å². The third-order valence-corrected chi connectivity index (χ3v) is 7.87. The lowest BCUT2D eigenvalue weighted by Gasteiger charge is -2.30. The largest absolute Gasteiger partial charge is 0.436 e. The van der Waals surface area contributed by atoms with E-state index >= 15 is 0 Å². The van der Waals surface area contributed by atoms with Crippen LogP contribution >= 0.6 is 0 Å². The minimum Gasteiger partial charge on any atom is -0.436 e. The molecule has 13 nitrogen and oxygen atoms in total. The SMILES string of the molecule is CCCCNC(=O)OC(C(=O)NC(Cc1ccc(-c2ccccc2)cc1)C(O)C(O)C(=O)NC(C)C(=O)NC(CC(C)C)C(N)=O)C(C)C. The molecule has 0 spiro atoms. The summed E-state index contributed by atoms with van der Waals surface area (Å²) in [5.74, 6) is -3.65. The molecule has 49 heavy (non-hydrogen) atoms. The molecule has 0 bridgehead atoms. The van der Waals surface area contributed by atoms with Crippen molar-refractivity contribution < 1.29 is 38.9 Å². The number of carbonyl (C=O) groups is 5. The van der Waals surface area contributed by atoms with E-state index in [0.717, 1.165) is 24.0 Å². The summed E-state index contributed by atoms with van der Waals surface area (Å²) in [7, 11) is 0. The number of aliphatic hydroxyl groups is 2. The Morgan fingerprint density at radius 3 is 1.96 bits per heavy atom. The number of hydrogen-bond acceptors (Lipinski definition) is 8. The number of amides is 5. The lowest BCUT2D eigenvalue weighted by atomic mass is 9.94. The summed E-state index contributed by atoms with van der Waals surface area (Å²) in [4.78, 5) is 63.5. The third kappa shape index (κ3) is 13.5. The molecule has 0 fully saturated rings. The van der Waals surface area contributed by atoms with Crippen LogP contribution in [0.1, 0.15) is 66.4 Å². The number of nitrogens with two attached hydrogens (primary N) is 1. The molecule has 2 rings (SSSR count). The average molecular weight is 684 g/mol. The molecule has 0 aromatic heterocycles. The molecule has 0 saturated heterocycles. The Balaban J connectivity index is 2.26. The van der Waals surface area contributed by atoms with Crippen LogP contribution in [0.25, 0.3) is 11.1 Å². The quantitative estimate of drug-likeness (QED) is 0.109. The fourth-order valence-electron chi connectivity index (χ4n) is 5.01. The van der Waals surface area contributed by atoms with E-state index in [4.69, 9.17) is 10.5 Å². The van der Waals surface area contributed by atoms with Gasteiger partial charge in [0.25, 0.3) is 11.8 Å². The molecular weight excluding hydrogens is 630 g/mol. The van der Waals surface area contributed by atoms with Crippen LogP contribution in [0.4, 0.5) is 4.79 Å². The molecule has 6 unspecified atom stereocenters. The molecule has 0 heterocycles. The van der Waals surface area contributed by atoms with Crippen molar-refractivity contribution >= 4 is 29.7 Å². The summed E-state index contributed by atoms with van der Waals surface area (Å²) in [6.45, 7) is 10.8.